The summed E-state index contributed by atoms with van der Waals surface area (Å²) in [5.74, 6) is 0.821. The van der Waals surface area contributed by atoms with Crippen molar-refractivity contribution in [3.63, 3.8) is 0 Å². The Morgan fingerprint density at radius 1 is 1.12 bits per heavy atom. The third-order valence-corrected chi connectivity index (χ3v) is 4.90. The van der Waals surface area contributed by atoms with Crippen molar-refractivity contribution in [3.05, 3.63) is 65.7 Å². The molecule has 5 heteroatoms. The lowest BCUT2D eigenvalue weighted by Crippen LogP contribution is -3.14. The third-order valence-electron chi connectivity index (χ3n) is 4.90. The summed E-state index contributed by atoms with van der Waals surface area (Å²) in [6.07, 6.45) is 1.36. The second-order valence-corrected chi connectivity index (χ2v) is 6.48. The quantitative estimate of drug-likeness (QED) is 0.592. The molecule has 0 unspecified atom stereocenters. The molecule has 4 nitrogen and oxygen atoms in total. The van der Waals surface area contributed by atoms with Crippen molar-refractivity contribution in [2.24, 2.45) is 0 Å². The van der Waals surface area contributed by atoms with E-state index in [1.165, 1.54) is 4.90 Å². The van der Waals surface area contributed by atoms with Crippen LogP contribution in [0.2, 0.25) is 0 Å². The van der Waals surface area contributed by atoms with Crippen molar-refractivity contribution in [3.8, 4) is 5.75 Å². The van der Waals surface area contributed by atoms with E-state index in [-0.39, 0.29) is 22.8 Å². The molecule has 0 amide bonds. The van der Waals surface area contributed by atoms with Gasteiger partial charge in [-0.05, 0) is 17.7 Å². The summed E-state index contributed by atoms with van der Waals surface area (Å²) >= 11 is 0. The summed E-state index contributed by atoms with van der Waals surface area (Å²) in [5.41, 5.74) is 0.901. The summed E-state index contributed by atoms with van der Waals surface area (Å²) < 4.78 is 5.18. The number of quaternary nitrogens is 1. The number of carbonyl (C=O) groups excluding carboxylic acids is 1. The summed E-state index contributed by atoms with van der Waals surface area (Å²) in [4.78, 5) is 13.7. The molecule has 25 heavy (non-hydrogen) atoms. The zero-order valence-corrected chi connectivity index (χ0v) is 16.0. The Labute approximate surface area is 159 Å². The summed E-state index contributed by atoms with van der Waals surface area (Å²) in [7, 11) is 1.60. The van der Waals surface area contributed by atoms with Crippen molar-refractivity contribution in [1.29, 1.82) is 0 Å². The van der Waals surface area contributed by atoms with Gasteiger partial charge in [-0.25, -0.2) is 0 Å². The Kier molecular flexibility index (Phi) is 6.76. The molecular weight excluding hydrogens is 382 g/mol. The highest BCUT2D eigenvalue weighted by Crippen LogP contribution is 2.28. The number of likely N-dealkylation sites (tertiary alicyclic amines) is 1. The lowest BCUT2D eigenvalue weighted by atomic mass is 9.84. The topological polar surface area (TPSA) is 51.0 Å². The number of hydrogen-bond donors (Lipinski definition) is 2. The smallest absolute Gasteiger partial charge is 0.216 e. The molecule has 1 aliphatic rings. The molecule has 0 atom stereocenters. The molecule has 1 aliphatic heterocycles. The average molecular weight is 406 g/mol. The standard InChI is InChI=1S/C20H23NO3.BrH/c1-24-18-9-5-6-16(14-18)19(22)15-21-12-10-20(23,11-13-21)17-7-3-2-4-8-17;/h2-9,14,23H,10-13,15H2,1H3;1H. The lowest BCUT2D eigenvalue weighted by molar-refractivity contribution is -0.899. The zero-order chi connectivity index (χ0) is 17.0. The van der Waals surface area contributed by atoms with Crippen LogP contribution in [0.5, 0.6) is 5.75 Å². The first-order valence-corrected chi connectivity index (χ1v) is 8.39. The van der Waals surface area contributed by atoms with Crippen LogP contribution in [-0.2, 0) is 5.60 Å². The fourth-order valence-electron chi connectivity index (χ4n) is 3.36. The number of nitrogens with one attached hydrogen (secondary N) is 1. The highest BCUT2D eigenvalue weighted by molar-refractivity contribution is 5.97. The van der Waals surface area contributed by atoms with Crippen LogP contribution in [0.1, 0.15) is 28.8 Å². The highest BCUT2D eigenvalue weighted by atomic mass is 79.9. The van der Waals surface area contributed by atoms with Gasteiger partial charge in [-0.3, -0.25) is 4.79 Å². The van der Waals surface area contributed by atoms with Crippen LogP contribution in [-0.4, -0.2) is 37.6 Å². The molecule has 0 saturated carbocycles. The van der Waals surface area contributed by atoms with Crippen molar-refractivity contribution >= 4 is 5.78 Å². The van der Waals surface area contributed by atoms with E-state index in [1.807, 2.05) is 48.5 Å². The van der Waals surface area contributed by atoms with Gasteiger partial charge in [-0.2, -0.15) is 0 Å². The molecule has 0 aromatic heterocycles. The number of hydrogen-bond acceptors (Lipinski definition) is 3. The number of ether oxygens (including phenoxy) is 1. The number of ketones is 1. The second-order valence-electron chi connectivity index (χ2n) is 6.48. The van der Waals surface area contributed by atoms with Gasteiger partial charge < -0.3 is 31.7 Å². The van der Waals surface area contributed by atoms with E-state index >= 15 is 0 Å². The molecule has 0 bridgehead atoms. The molecule has 1 fully saturated rings. The first-order chi connectivity index (χ1) is 11.6. The van der Waals surface area contributed by atoms with Gasteiger partial charge in [0, 0.05) is 18.4 Å². The van der Waals surface area contributed by atoms with Gasteiger partial charge in [0.25, 0.3) is 0 Å². The fraction of sp³-hybridized carbons (Fsp3) is 0.350. The Hall–Kier alpha value is -1.69. The number of piperidine rings is 1. The third kappa shape index (κ3) is 4.69. The maximum atomic E-state index is 12.5. The molecule has 2 N–H and O–H groups in total. The van der Waals surface area contributed by atoms with Gasteiger partial charge in [-0.15, -0.1) is 0 Å². The van der Waals surface area contributed by atoms with E-state index in [9.17, 15) is 9.90 Å². The largest absolute Gasteiger partial charge is 1.00 e. The molecule has 2 aromatic rings. The van der Waals surface area contributed by atoms with Crippen molar-refractivity contribution in [2.75, 3.05) is 26.7 Å². The predicted octanol–water partition coefficient (Wildman–Crippen LogP) is -1.55. The van der Waals surface area contributed by atoms with Crippen LogP contribution in [0.4, 0.5) is 0 Å². The van der Waals surface area contributed by atoms with Crippen molar-refractivity contribution in [2.45, 2.75) is 18.4 Å². The SMILES string of the molecule is COc1cccc(C(=O)C[NH+]2CCC(O)(c3ccccc3)CC2)c1.[Br-]. The van der Waals surface area contributed by atoms with E-state index in [2.05, 4.69) is 0 Å². The summed E-state index contributed by atoms with van der Waals surface area (Å²) in [5, 5.41) is 10.9. The van der Waals surface area contributed by atoms with Crippen LogP contribution < -0.4 is 26.6 Å². The molecule has 3 rings (SSSR count). The van der Waals surface area contributed by atoms with Gasteiger partial charge in [0.05, 0.1) is 20.2 Å². The molecule has 0 aliphatic carbocycles. The molecule has 0 radical (unpaired) electrons. The van der Waals surface area contributed by atoms with Crippen molar-refractivity contribution in [1.82, 2.24) is 0 Å². The van der Waals surface area contributed by atoms with Gasteiger partial charge >= 0.3 is 0 Å². The van der Waals surface area contributed by atoms with E-state index in [4.69, 9.17) is 4.74 Å². The molecule has 0 spiro atoms. The normalized spacial score (nSPS) is 22.7. The van der Waals surface area contributed by atoms with E-state index in [0.717, 1.165) is 18.7 Å². The van der Waals surface area contributed by atoms with Gasteiger partial charge in [0.1, 0.15) is 17.9 Å². The number of methoxy groups -OCH3 is 1. The first-order valence-electron chi connectivity index (χ1n) is 8.39. The zero-order valence-electron chi connectivity index (χ0n) is 14.4. The number of halogens is 1. The van der Waals surface area contributed by atoms with Gasteiger partial charge in [0.15, 0.2) is 0 Å². The fourth-order valence-corrected chi connectivity index (χ4v) is 3.36. The van der Waals surface area contributed by atoms with Crippen LogP contribution in [0.25, 0.3) is 0 Å². The maximum absolute atomic E-state index is 12.5. The van der Waals surface area contributed by atoms with Crippen LogP contribution >= 0.6 is 0 Å². The number of benzene rings is 2. The Balaban J connectivity index is 0.00000225. The average Bonchev–Trinajstić information content (AvgIpc) is 2.64. The summed E-state index contributed by atoms with van der Waals surface area (Å²) in [6.45, 7) is 2.04. The number of rotatable bonds is 5. The number of carbonyl (C=O) groups is 1. The lowest BCUT2D eigenvalue weighted by Gasteiger charge is -2.36. The van der Waals surface area contributed by atoms with E-state index in [1.54, 1.807) is 13.2 Å². The van der Waals surface area contributed by atoms with Crippen LogP contribution in [0.3, 0.4) is 0 Å². The molecule has 1 heterocycles. The first kappa shape index (κ1) is 19.6. The van der Waals surface area contributed by atoms with E-state index in [0.29, 0.717) is 30.7 Å². The predicted molar refractivity (Wildman–Crippen MR) is 92.5 cm³/mol. The Bertz CT molecular complexity index is 697. The number of Topliss-reactive ketones (excluding diaryl/α,β-unsaturated/α-hetero) is 1. The summed E-state index contributed by atoms with van der Waals surface area (Å²) in [6, 6.07) is 17.1. The highest BCUT2D eigenvalue weighted by Gasteiger charge is 2.36. The Morgan fingerprint density at radius 2 is 1.80 bits per heavy atom. The monoisotopic (exact) mass is 405 g/mol. The van der Waals surface area contributed by atoms with E-state index < -0.39 is 5.60 Å². The van der Waals surface area contributed by atoms with Gasteiger partial charge in [0.2, 0.25) is 5.78 Å². The number of aliphatic hydroxyl groups is 1. The molecule has 1 saturated heterocycles. The minimum absolute atomic E-state index is 0. The van der Waals surface area contributed by atoms with Crippen LogP contribution in [0.15, 0.2) is 54.6 Å². The van der Waals surface area contributed by atoms with Crippen LogP contribution in [0, 0.1) is 0 Å². The van der Waals surface area contributed by atoms with Crippen molar-refractivity contribution < 1.29 is 36.5 Å². The molecular formula is C20H24BrNO3. The molecule has 2 aromatic carbocycles. The second kappa shape index (κ2) is 8.61. The minimum Gasteiger partial charge on any atom is -1.00 e. The maximum Gasteiger partial charge on any atom is 0.216 e. The molecule has 134 valence electrons. The Morgan fingerprint density at radius 3 is 2.44 bits per heavy atom. The minimum atomic E-state index is -0.760. The van der Waals surface area contributed by atoms with Gasteiger partial charge in [-0.1, -0.05) is 42.5 Å².